The summed E-state index contributed by atoms with van der Waals surface area (Å²) in [6.45, 7) is 4.04. The van der Waals surface area contributed by atoms with Crippen molar-refractivity contribution in [3.63, 3.8) is 0 Å². The number of hydrogen-bond donors (Lipinski definition) is 0. The molecule has 0 saturated heterocycles. The summed E-state index contributed by atoms with van der Waals surface area (Å²) in [5, 5.41) is 11.9. The fraction of sp³-hybridized carbons (Fsp3) is 0.353. The first kappa shape index (κ1) is 19.6. The van der Waals surface area contributed by atoms with Gasteiger partial charge in [0.05, 0.1) is 4.92 Å². The van der Waals surface area contributed by atoms with Gasteiger partial charge in [0.15, 0.2) is 0 Å². The summed E-state index contributed by atoms with van der Waals surface area (Å²) in [5.74, 6) is 0. The minimum Gasteiger partial charge on any atom is -0.287 e. The summed E-state index contributed by atoms with van der Waals surface area (Å²) in [6.07, 6.45) is 5.55. The van der Waals surface area contributed by atoms with E-state index in [-0.39, 0.29) is 18.8 Å². The van der Waals surface area contributed by atoms with Crippen molar-refractivity contribution < 1.29 is 4.92 Å². The van der Waals surface area contributed by atoms with Crippen molar-refractivity contribution in [2.45, 2.75) is 39.8 Å². The second-order valence-corrected chi connectivity index (χ2v) is 6.02. The molecule has 0 aliphatic carbocycles. The molecule has 2 heterocycles. The van der Waals surface area contributed by atoms with Gasteiger partial charge in [0.1, 0.15) is 10.8 Å². The van der Waals surface area contributed by atoms with Crippen LogP contribution in [-0.2, 0) is 13.1 Å². The molecule has 0 saturated carbocycles. The first-order chi connectivity index (χ1) is 12.4. The Morgan fingerprint density at radius 3 is 2.35 bits per heavy atom. The Morgan fingerprint density at radius 2 is 1.81 bits per heavy atom. The maximum Gasteiger partial charge on any atom is 0.357 e. The fourth-order valence-corrected chi connectivity index (χ4v) is 2.67. The first-order valence-corrected chi connectivity index (χ1v) is 8.60. The molecular weight excluding hydrogens is 360 g/mol. The van der Waals surface area contributed by atoms with Gasteiger partial charge < -0.3 is 0 Å². The molecule has 0 bridgehead atoms. The SMILES string of the molecule is CCCn1c(/C=C/c2ccc(Cl)nc2)c([N+](=O)[O-])c(=O)n(CCC)c1=O. The van der Waals surface area contributed by atoms with Crippen molar-refractivity contribution >= 4 is 29.4 Å². The predicted octanol–water partition coefficient (Wildman–Crippen LogP) is 2.96. The highest BCUT2D eigenvalue weighted by Gasteiger charge is 2.25. The Labute approximate surface area is 154 Å². The Hall–Kier alpha value is -2.74. The summed E-state index contributed by atoms with van der Waals surface area (Å²) in [4.78, 5) is 39.9. The van der Waals surface area contributed by atoms with E-state index in [0.29, 0.717) is 23.6 Å². The van der Waals surface area contributed by atoms with Gasteiger partial charge in [-0.2, -0.15) is 0 Å². The quantitative estimate of drug-likeness (QED) is 0.419. The molecule has 0 fully saturated rings. The average molecular weight is 379 g/mol. The van der Waals surface area contributed by atoms with Gasteiger partial charge in [-0.1, -0.05) is 37.6 Å². The summed E-state index contributed by atoms with van der Waals surface area (Å²) in [5.41, 5.74) is -1.42. The number of nitrogens with zero attached hydrogens (tertiary/aromatic N) is 4. The van der Waals surface area contributed by atoms with Crippen molar-refractivity contribution in [2.75, 3.05) is 0 Å². The van der Waals surface area contributed by atoms with Crippen LogP contribution in [0.1, 0.15) is 37.9 Å². The van der Waals surface area contributed by atoms with Crippen molar-refractivity contribution in [3.05, 3.63) is 65.7 Å². The highest BCUT2D eigenvalue weighted by atomic mass is 35.5. The van der Waals surface area contributed by atoms with Crippen LogP contribution < -0.4 is 11.2 Å². The third-order valence-corrected chi connectivity index (χ3v) is 3.93. The van der Waals surface area contributed by atoms with Crippen molar-refractivity contribution in [3.8, 4) is 0 Å². The van der Waals surface area contributed by atoms with Crippen LogP contribution >= 0.6 is 11.6 Å². The van der Waals surface area contributed by atoms with Gasteiger partial charge in [0.2, 0.25) is 0 Å². The number of pyridine rings is 1. The molecule has 0 atom stereocenters. The fourth-order valence-electron chi connectivity index (χ4n) is 2.56. The molecule has 2 rings (SSSR count). The Balaban J connectivity index is 2.72. The van der Waals surface area contributed by atoms with E-state index in [2.05, 4.69) is 4.98 Å². The number of halogens is 1. The van der Waals surface area contributed by atoms with E-state index in [9.17, 15) is 19.7 Å². The summed E-state index contributed by atoms with van der Waals surface area (Å²) < 4.78 is 2.20. The summed E-state index contributed by atoms with van der Waals surface area (Å²) in [7, 11) is 0. The van der Waals surface area contributed by atoms with E-state index in [1.807, 2.05) is 6.92 Å². The Kier molecular flexibility index (Phi) is 6.46. The van der Waals surface area contributed by atoms with E-state index in [4.69, 9.17) is 11.6 Å². The van der Waals surface area contributed by atoms with Crippen molar-refractivity contribution in [2.24, 2.45) is 0 Å². The largest absolute Gasteiger partial charge is 0.357 e. The second kappa shape index (κ2) is 8.57. The molecule has 138 valence electrons. The molecule has 0 aliphatic rings. The lowest BCUT2D eigenvalue weighted by atomic mass is 10.2. The molecule has 0 aromatic carbocycles. The Bertz CT molecular complexity index is 945. The predicted molar refractivity (Wildman–Crippen MR) is 100 cm³/mol. The lowest BCUT2D eigenvalue weighted by molar-refractivity contribution is -0.387. The number of rotatable bonds is 7. The maximum atomic E-state index is 12.7. The van der Waals surface area contributed by atoms with Gasteiger partial charge in [-0.05, 0) is 30.5 Å². The van der Waals surface area contributed by atoms with Crippen LogP contribution in [-0.4, -0.2) is 19.0 Å². The van der Waals surface area contributed by atoms with Crippen LogP contribution in [0, 0.1) is 10.1 Å². The molecule has 0 aliphatic heterocycles. The Morgan fingerprint density at radius 1 is 1.15 bits per heavy atom. The van der Waals surface area contributed by atoms with Gasteiger partial charge >= 0.3 is 16.9 Å². The zero-order valence-corrected chi connectivity index (χ0v) is 15.3. The third-order valence-electron chi connectivity index (χ3n) is 3.70. The molecule has 26 heavy (non-hydrogen) atoms. The molecule has 2 aromatic heterocycles. The summed E-state index contributed by atoms with van der Waals surface area (Å²) >= 11 is 5.74. The molecule has 8 nitrogen and oxygen atoms in total. The highest BCUT2D eigenvalue weighted by molar-refractivity contribution is 6.29. The smallest absolute Gasteiger partial charge is 0.287 e. The van der Waals surface area contributed by atoms with Gasteiger partial charge in [0, 0.05) is 19.3 Å². The van der Waals surface area contributed by atoms with Crippen LogP contribution in [0.3, 0.4) is 0 Å². The zero-order valence-electron chi connectivity index (χ0n) is 14.5. The number of hydrogen-bond acceptors (Lipinski definition) is 5. The normalized spacial score (nSPS) is 11.2. The molecule has 0 radical (unpaired) electrons. The minimum atomic E-state index is -0.886. The van der Waals surface area contributed by atoms with Gasteiger partial charge in [0.25, 0.3) is 0 Å². The van der Waals surface area contributed by atoms with Gasteiger partial charge in [-0.25, -0.2) is 9.78 Å². The molecule has 2 aromatic rings. The monoisotopic (exact) mass is 378 g/mol. The van der Waals surface area contributed by atoms with E-state index in [1.165, 1.54) is 16.8 Å². The van der Waals surface area contributed by atoms with Crippen LogP contribution in [0.25, 0.3) is 12.2 Å². The first-order valence-electron chi connectivity index (χ1n) is 8.22. The second-order valence-electron chi connectivity index (χ2n) is 5.63. The van der Waals surface area contributed by atoms with Crippen LogP contribution in [0.5, 0.6) is 0 Å². The molecule has 9 heteroatoms. The van der Waals surface area contributed by atoms with Crippen LogP contribution in [0.15, 0.2) is 27.9 Å². The standard InChI is InChI=1S/C17H19ClN4O4/c1-3-9-20-13(7-5-12-6-8-14(18)19-11-12)15(22(25)26)16(23)21(10-4-2)17(20)24/h5-8,11H,3-4,9-10H2,1-2H3/b7-5+. The van der Waals surface area contributed by atoms with Crippen LogP contribution in [0.2, 0.25) is 5.15 Å². The molecule has 0 amide bonds. The van der Waals surface area contributed by atoms with Crippen molar-refractivity contribution in [1.29, 1.82) is 0 Å². The molecule has 0 N–H and O–H groups in total. The number of aromatic nitrogens is 3. The van der Waals surface area contributed by atoms with E-state index in [1.54, 1.807) is 25.1 Å². The number of nitro groups is 1. The lowest BCUT2D eigenvalue weighted by Gasteiger charge is -2.13. The van der Waals surface area contributed by atoms with E-state index in [0.717, 1.165) is 4.57 Å². The van der Waals surface area contributed by atoms with Crippen LogP contribution in [0.4, 0.5) is 5.69 Å². The van der Waals surface area contributed by atoms with Gasteiger partial charge in [-0.3, -0.25) is 24.0 Å². The summed E-state index contributed by atoms with van der Waals surface area (Å²) in [6, 6.07) is 3.26. The third kappa shape index (κ3) is 4.08. The van der Waals surface area contributed by atoms with Crippen molar-refractivity contribution in [1.82, 2.24) is 14.1 Å². The van der Waals surface area contributed by atoms with E-state index >= 15 is 0 Å². The lowest BCUT2D eigenvalue weighted by Crippen LogP contribution is -2.42. The molecular formula is C17H19ClN4O4. The topological polar surface area (TPSA) is 100 Å². The zero-order chi connectivity index (χ0) is 19.3. The average Bonchev–Trinajstić information content (AvgIpc) is 2.60. The highest BCUT2D eigenvalue weighted by Crippen LogP contribution is 2.17. The maximum absolute atomic E-state index is 12.7. The minimum absolute atomic E-state index is 0.0193. The van der Waals surface area contributed by atoms with E-state index < -0.39 is 21.9 Å². The molecule has 0 spiro atoms. The van der Waals surface area contributed by atoms with Gasteiger partial charge in [-0.15, -0.1) is 0 Å². The molecule has 0 unspecified atom stereocenters.